The minimum absolute atomic E-state index is 0.352. The molecule has 0 radical (unpaired) electrons. The second-order valence-electron chi connectivity index (χ2n) is 8.25. The summed E-state index contributed by atoms with van der Waals surface area (Å²) in [6, 6.07) is 17.4. The summed E-state index contributed by atoms with van der Waals surface area (Å²) in [6.07, 6.45) is 0. The second-order valence-corrected chi connectivity index (χ2v) is 9.17. The van der Waals surface area contributed by atoms with E-state index in [1.54, 1.807) is 60.7 Å². The first kappa shape index (κ1) is 23.2. The van der Waals surface area contributed by atoms with E-state index in [0.29, 0.717) is 33.6 Å². The van der Waals surface area contributed by atoms with Crippen LogP contribution in [0, 0.1) is 11.7 Å². The van der Waals surface area contributed by atoms with E-state index in [1.807, 2.05) is 6.92 Å². The second kappa shape index (κ2) is 9.24. The van der Waals surface area contributed by atoms with E-state index in [1.165, 1.54) is 17.1 Å². The third-order valence-electron chi connectivity index (χ3n) is 6.16. The van der Waals surface area contributed by atoms with E-state index in [0.717, 1.165) is 4.90 Å². The molecule has 1 N–H and O–H groups in total. The molecule has 7 nitrogen and oxygen atoms in total. The molecule has 35 heavy (non-hydrogen) atoms. The molecular formula is C26H21BrFN3O4. The van der Waals surface area contributed by atoms with E-state index in [9.17, 15) is 18.8 Å². The van der Waals surface area contributed by atoms with Crippen molar-refractivity contribution >= 4 is 39.3 Å². The van der Waals surface area contributed by atoms with Gasteiger partial charge in [0.25, 0.3) is 11.8 Å². The zero-order valence-electron chi connectivity index (χ0n) is 18.7. The van der Waals surface area contributed by atoms with E-state index in [4.69, 9.17) is 4.74 Å². The molecule has 2 saturated heterocycles. The molecule has 2 aliphatic heterocycles. The van der Waals surface area contributed by atoms with Crippen molar-refractivity contribution in [3.8, 4) is 5.75 Å². The topological polar surface area (TPSA) is 79.0 Å². The quantitative estimate of drug-likeness (QED) is 0.492. The van der Waals surface area contributed by atoms with Gasteiger partial charge in [-0.3, -0.25) is 19.4 Å². The fraction of sp³-hybridized carbons (Fsp3) is 0.192. The Balaban J connectivity index is 1.54. The summed E-state index contributed by atoms with van der Waals surface area (Å²) in [7, 11) is 0. The average molecular weight is 538 g/mol. The van der Waals surface area contributed by atoms with Crippen molar-refractivity contribution in [1.82, 2.24) is 10.4 Å². The van der Waals surface area contributed by atoms with Gasteiger partial charge < -0.3 is 4.74 Å². The van der Waals surface area contributed by atoms with Gasteiger partial charge >= 0.3 is 0 Å². The van der Waals surface area contributed by atoms with Crippen LogP contribution in [0.5, 0.6) is 5.75 Å². The van der Waals surface area contributed by atoms with Crippen LogP contribution in [0.1, 0.15) is 28.9 Å². The lowest BCUT2D eigenvalue weighted by Gasteiger charge is -2.25. The molecule has 0 bridgehead atoms. The van der Waals surface area contributed by atoms with Crippen LogP contribution in [-0.2, 0) is 9.59 Å². The number of amides is 3. The van der Waals surface area contributed by atoms with Crippen LogP contribution < -0.4 is 15.1 Å². The first-order chi connectivity index (χ1) is 16.9. The van der Waals surface area contributed by atoms with Gasteiger partial charge in [-0.05, 0) is 67.1 Å². The highest BCUT2D eigenvalue weighted by atomic mass is 79.9. The van der Waals surface area contributed by atoms with Crippen molar-refractivity contribution in [3.63, 3.8) is 0 Å². The summed E-state index contributed by atoms with van der Waals surface area (Å²) in [5.74, 6) is -2.07. The maximum Gasteiger partial charge on any atom is 0.268 e. The number of nitrogens with one attached hydrogen (secondary N) is 1. The van der Waals surface area contributed by atoms with Crippen molar-refractivity contribution in [2.75, 3.05) is 11.5 Å². The summed E-state index contributed by atoms with van der Waals surface area (Å²) in [4.78, 5) is 41.8. The molecule has 3 amide bonds. The molecule has 9 heteroatoms. The number of fused-ring (bicyclic) bond motifs is 1. The Hall–Kier alpha value is -3.56. The fourth-order valence-electron chi connectivity index (χ4n) is 4.60. The van der Waals surface area contributed by atoms with Gasteiger partial charge in [-0.1, -0.05) is 34.1 Å². The van der Waals surface area contributed by atoms with E-state index in [2.05, 4.69) is 21.4 Å². The highest BCUT2D eigenvalue weighted by Gasteiger charge is 2.60. The Labute approximate surface area is 209 Å². The smallest absolute Gasteiger partial charge is 0.268 e. The Morgan fingerprint density at radius 2 is 1.74 bits per heavy atom. The molecular weight excluding hydrogens is 517 g/mol. The number of carbonyl (C=O) groups is 3. The van der Waals surface area contributed by atoms with E-state index in [-0.39, 0.29) is 0 Å². The highest BCUT2D eigenvalue weighted by Crippen LogP contribution is 2.42. The Morgan fingerprint density at radius 1 is 1.03 bits per heavy atom. The molecule has 0 saturated carbocycles. The van der Waals surface area contributed by atoms with Gasteiger partial charge in [0.05, 0.1) is 24.3 Å². The minimum Gasteiger partial charge on any atom is -0.494 e. The monoisotopic (exact) mass is 537 g/mol. The maximum atomic E-state index is 13.6. The number of nitrogens with zero attached hydrogens (tertiary/aromatic N) is 2. The van der Waals surface area contributed by atoms with Crippen LogP contribution >= 0.6 is 15.9 Å². The third kappa shape index (κ3) is 4.11. The van der Waals surface area contributed by atoms with E-state index >= 15 is 0 Å². The number of anilines is 1. The lowest BCUT2D eigenvalue weighted by Crippen LogP contribution is -2.48. The molecule has 178 valence electrons. The summed E-state index contributed by atoms with van der Waals surface area (Å²) in [5.41, 5.74) is 4.41. The largest absolute Gasteiger partial charge is 0.494 e. The molecule has 2 heterocycles. The summed E-state index contributed by atoms with van der Waals surface area (Å²) in [6.45, 7) is 2.35. The van der Waals surface area contributed by atoms with Crippen LogP contribution in [0.3, 0.4) is 0 Å². The Kier molecular flexibility index (Phi) is 6.12. The zero-order chi connectivity index (χ0) is 24.7. The van der Waals surface area contributed by atoms with Gasteiger partial charge in [-0.25, -0.2) is 14.7 Å². The molecule has 0 aliphatic carbocycles. The maximum absolute atomic E-state index is 13.6. The van der Waals surface area contributed by atoms with Crippen LogP contribution in [0.25, 0.3) is 0 Å². The van der Waals surface area contributed by atoms with Gasteiger partial charge in [0, 0.05) is 10.0 Å². The molecule has 0 spiro atoms. The number of halogens is 2. The molecule has 5 rings (SSSR count). The van der Waals surface area contributed by atoms with Crippen molar-refractivity contribution in [2.24, 2.45) is 5.92 Å². The van der Waals surface area contributed by atoms with Gasteiger partial charge in [-0.2, -0.15) is 0 Å². The normalized spacial score (nSPS) is 21.4. The minimum atomic E-state index is -1.06. The molecule has 0 aromatic heterocycles. The first-order valence-electron chi connectivity index (χ1n) is 11.1. The number of imide groups is 1. The predicted molar refractivity (Wildman–Crippen MR) is 130 cm³/mol. The predicted octanol–water partition coefficient (Wildman–Crippen LogP) is 4.25. The van der Waals surface area contributed by atoms with Crippen LogP contribution in [-0.4, -0.2) is 35.4 Å². The van der Waals surface area contributed by atoms with Crippen molar-refractivity contribution in [3.05, 3.63) is 94.2 Å². The Morgan fingerprint density at radius 3 is 2.40 bits per heavy atom. The van der Waals surface area contributed by atoms with Crippen LogP contribution in [0.2, 0.25) is 0 Å². The van der Waals surface area contributed by atoms with Gasteiger partial charge in [0.15, 0.2) is 0 Å². The molecule has 2 aliphatic rings. The number of hydrogen-bond acceptors (Lipinski definition) is 5. The number of hydrogen-bond donors (Lipinski definition) is 1. The molecule has 3 aromatic rings. The zero-order valence-corrected chi connectivity index (χ0v) is 20.2. The first-order valence-corrected chi connectivity index (χ1v) is 11.9. The lowest BCUT2D eigenvalue weighted by molar-refractivity contribution is -0.123. The fourth-order valence-corrected chi connectivity index (χ4v) is 4.99. The number of benzene rings is 3. The van der Waals surface area contributed by atoms with Crippen molar-refractivity contribution in [2.45, 2.75) is 19.0 Å². The Bertz CT molecular complexity index is 1300. The van der Waals surface area contributed by atoms with Crippen LogP contribution in [0.15, 0.2) is 77.3 Å². The summed E-state index contributed by atoms with van der Waals surface area (Å²) >= 11 is 3.36. The lowest BCUT2D eigenvalue weighted by atomic mass is 9.91. The average Bonchev–Trinajstić information content (AvgIpc) is 3.37. The molecule has 3 atom stereocenters. The highest BCUT2D eigenvalue weighted by molar-refractivity contribution is 9.10. The standard InChI is InChI=1S/C26H21BrFN3O4/c1-2-35-20-12-10-19(11-13-20)30-25(33)21-22(15-6-8-18(28)9-7-15)29-31(23(21)26(30)34)24(32)16-4-3-5-17(27)14-16/h3-14,21-23,29H,2H2,1H3/t21-,22-,23-/m1/s1. The summed E-state index contributed by atoms with van der Waals surface area (Å²) in [5, 5.41) is 1.23. The van der Waals surface area contributed by atoms with Gasteiger partial charge in [0.1, 0.15) is 17.6 Å². The van der Waals surface area contributed by atoms with Gasteiger partial charge in [-0.15, -0.1) is 0 Å². The van der Waals surface area contributed by atoms with Gasteiger partial charge in [0.2, 0.25) is 5.91 Å². The summed E-state index contributed by atoms with van der Waals surface area (Å²) < 4.78 is 19.8. The van der Waals surface area contributed by atoms with Crippen molar-refractivity contribution < 1.29 is 23.5 Å². The molecule has 2 fully saturated rings. The number of rotatable bonds is 5. The van der Waals surface area contributed by atoms with Crippen molar-refractivity contribution in [1.29, 1.82) is 0 Å². The number of hydrazine groups is 1. The van der Waals surface area contributed by atoms with Crippen LogP contribution in [0.4, 0.5) is 10.1 Å². The SMILES string of the molecule is CCOc1ccc(N2C(=O)[C@@H]3[C@@H](c4ccc(F)cc4)NN(C(=O)c4cccc(Br)c4)[C@H]3C2=O)cc1. The number of carbonyl (C=O) groups excluding carboxylic acids is 3. The third-order valence-corrected chi connectivity index (χ3v) is 6.65. The van der Waals surface area contributed by atoms with E-state index < -0.39 is 41.5 Å². The number of ether oxygens (including phenoxy) is 1. The molecule has 0 unspecified atom stereocenters. The molecule has 3 aromatic carbocycles.